The summed E-state index contributed by atoms with van der Waals surface area (Å²) in [5, 5.41) is 0. The zero-order valence-corrected chi connectivity index (χ0v) is 8.58. The van der Waals surface area contributed by atoms with Crippen LogP contribution in [0.3, 0.4) is 0 Å². The largest absolute Gasteiger partial charge is 0.398 e. The second-order valence-electron chi connectivity index (χ2n) is 3.91. The van der Waals surface area contributed by atoms with Crippen molar-refractivity contribution in [2.75, 3.05) is 19.3 Å². The second-order valence-corrected chi connectivity index (χ2v) is 3.91. The van der Waals surface area contributed by atoms with E-state index in [1.54, 1.807) is 4.57 Å². The van der Waals surface area contributed by atoms with Gasteiger partial charge in [0, 0.05) is 49.6 Å². The summed E-state index contributed by atoms with van der Waals surface area (Å²) >= 11 is 0. The lowest BCUT2D eigenvalue weighted by Crippen LogP contribution is -2.33. The molecule has 1 aliphatic rings. The standard InChI is InChI=1S/C10H15N3O/c1-12-4-3-9-7(6-12)8(11)5-10(14)13(9)2/h5H,3-4,6,11H2,1-2H3. The summed E-state index contributed by atoms with van der Waals surface area (Å²) < 4.78 is 1.71. The van der Waals surface area contributed by atoms with E-state index in [0.29, 0.717) is 5.69 Å². The Labute approximate surface area is 82.9 Å². The van der Waals surface area contributed by atoms with Crippen LogP contribution >= 0.6 is 0 Å². The van der Waals surface area contributed by atoms with Crippen LogP contribution in [0.2, 0.25) is 0 Å². The maximum atomic E-state index is 11.5. The van der Waals surface area contributed by atoms with Crippen LogP contribution in [0.4, 0.5) is 5.69 Å². The van der Waals surface area contributed by atoms with Crippen LogP contribution in [0, 0.1) is 0 Å². The Balaban J connectivity index is 2.63. The highest BCUT2D eigenvalue weighted by Crippen LogP contribution is 2.20. The molecule has 0 bridgehead atoms. The van der Waals surface area contributed by atoms with Crippen molar-refractivity contribution in [1.29, 1.82) is 0 Å². The van der Waals surface area contributed by atoms with E-state index in [-0.39, 0.29) is 5.56 Å². The van der Waals surface area contributed by atoms with Crippen molar-refractivity contribution in [1.82, 2.24) is 9.47 Å². The number of nitrogens with zero attached hydrogens (tertiary/aromatic N) is 2. The van der Waals surface area contributed by atoms with E-state index in [1.807, 2.05) is 7.05 Å². The summed E-state index contributed by atoms with van der Waals surface area (Å²) in [5.41, 5.74) is 8.66. The van der Waals surface area contributed by atoms with E-state index in [4.69, 9.17) is 5.73 Å². The summed E-state index contributed by atoms with van der Waals surface area (Å²) in [6, 6.07) is 1.51. The molecule has 0 atom stereocenters. The van der Waals surface area contributed by atoms with Gasteiger partial charge in [0.25, 0.3) is 5.56 Å². The highest BCUT2D eigenvalue weighted by molar-refractivity contribution is 5.49. The predicted molar refractivity (Wildman–Crippen MR) is 56.1 cm³/mol. The van der Waals surface area contributed by atoms with Crippen LogP contribution in [0.5, 0.6) is 0 Å². The van der Waals surface area contributed by atoms with E-state index >= 15 is 0 Å². The number of hydrogen-bond acceptors (Lipinski definition) is 3. The highest BCUT2D eigenvalue weighted by atomic mass is 16.1. The normalized spacial score (nSPS) is 16.7. The molecule has 0 aromatic carbocycles. The lowest BCUT2D eigenvalue weighted by molar-refractivity contribution is 0.307. The van der Waals surface area contributed by atoms with Gasteiger partial charge in [-0.15, -0.1) is 0 Å². The fourth-order valence-electron chi connectivity index (χ4n) is 1.97. The first-order valence-electron chi connectivity index (χ1n) is 4.75. The molecule has 4 nitrogen and oxygen atoms in total. The van der Waals surface area contributed by atoms with Crippen molar-refractivity contribution < 1.29 is 0 Å². The number of aromatic nitrogens is 1. The molecule has 0 aliphatic carbocycles. The SMILES string of the molecule is CN1CCc2c(c(N)cc(=O)n2C)C1. The number of pyridine rings is 1. The van der Waals surface area contributed by atoms with Gasteiger partial charge >= 0.3 is 0 Å². The van der Waals surface area contributed by atoms with Crippen LogP contribution in [0.15, 0.2) is 10.9 Å². The van der Waals surface area contributed by atoms with Crippen LogP contribution in [0.1, 0.15) is 11.3 Å². The number of rotatable bonds is 0. The molecule has 1 aliphatic heterocycles. The second kappa shape index (κ2) is 3.13. The Kier molecular flexibility index (Phi) is 2.07. The van der Waals surface area contributed by atoms with Crippen molar-refractivity contribution in [3.8, 4) is 0 Å². The van der Waals surface area contributed by atoms with Gasteiger partial charge in [-0.05, 0) is 7.05 Å². The molecule has 0 unspecified atom stereocenters. The zero-order valence-electron chi connectivity index (χ0n) is 8.58. The number of nitrogen functional groups attached to an aromatic ring is 1. The molecular formula is C10H15N3O. The molecule has 1 aromatic rings. The summed E-state index contributed by atoms with van der Waals surface area (Å²) in [5.74, 6) is 0. The van der Waals surface area contributed by atoms with E-state index < -0.39 is 0 Å². The monoisotopic (exact) mass is 193 g/mol. The van der Waals surface area contributed by atoms with Gasteiger partial charge in [-0.1, -0.05) is 0 Å². The lowest BCUT2D eigenvalue weighted by atomic mass is 10.0. The maximum absolute atomic E-state index is 11.5. The van der Waals surface area contributed by atoms with Crippen LogP contribution in [0.25, 0.3) is 0 Å². The average Bonchev–Trinajstić information content (AvgIpc) is 2.14. The van der Waals surface area contributed by atoms with Gasteiger partial charge in [-0.2, -0.15) is 0 Å². The van der Waals surface area contributed by atoms with E-state index in [1.165, 1.54) is 6.07 Å². The Bertz CT molecular complexity index is 422. The number of anilines is 1. The number of nitrogens with two attached hydrogens (primary N) is 1. The number of likely N-dealkylation sites (N-methyl/N-ethyl adjacent to an activating group) is 1. The van der Waals surface area contributed by atoms with Crippen molar-refractivity contribution in [3.05, 3.63) is 27.7 Å². The molecule has 0 saturated heterocycles. The third kappa shape index (κ3) is 1.32. The van der Waals surface area contributed by atoms with Gasteiger partial charge in [0.2, 0.25) is 0 Å². The maximum Gasteiger partial charge on any atom is 0.252 e. The molecule has 76 valence electrons. The van der Waals surface area contributed by atoms with Crippen molar-refractivity contribution in [2.24, 2.45) is 7.05 Å². The average molecular weight is 193 g/mol. The quantitative estimate of drug-likeness (QED) is 0.629. The van der Waals surface area contributed by atoms with E-state index in [9.17, 15) is 4.79 Å². The number of hydrogen-bond donors (Lipinski definition) is 1. The molecule has 0 fully saturated rings. The van der Waals surface area contributed by atoms with Gasteiger partial charge in [-0.3, -0.25) is 4.79 Å². The minimum Gasteiger partial charge on any atom is -0.398 e. The molecular weight excluding hydrogens is 178 g/mol. The van der Waals surface area contributed by atoms with Crippen LogP contribution in [-0.4, -0.2) is 23.1 Å². The molecule has 14 heavy (non-hydrogen) atoms. The summed E-state index contributed by atoms with van der Waals surface area (Å²) in [6.45, 7) is 1.83. The first kappa shape index (κ1) is 9.27. The molecule has 2 N–H and O–H groups in total. The third-order valence-electron chi connectivity index (χ3n) is 2.87. The Morgan fingerprint density at radius 1 is 1.43 bits per heavy atom. The minimum atomic E-state index is -0.00852. The fraction of sp³-hybridized carbons (Fsp3) is 0.500. The Morgan fingerprint density at radius 3 is 2.86 bits per heavy atom. The smallest absolute Gasteiger partial charge is 0.252 e. The summed E-state index contributed by atoms with van der Waals surface area (Å²) in [7, 11) is 3.87. The topological polar surface area (TPSA) is 51.3 Å². The van der Waals surface area contributed by atoms with Crippen LogP contribution < -0.4 is 11.3 Å². The molecule has 0 spiro atoms. The molecule has 0 saturated carbocycles. The molecule has 0 amide bonds. The lowest BCUT2D eigenvalue weighted by Gasteiger charge is -2.27. The van der Waals surface area contributed by atoms with E-state index in [2.05, 4.69) is 11.9 Å². The molecule has 0 radical (unpaired) electrons. The third-order valence-corrected chi connectivity index (χ3v) is 2.87. The fourth-order valence-corrected chi connectivity index (χ4v) is 1.97. The molecule has 1 aromatic heterocycles. The van der Waals surface area contributed by atoms with Gasteiger partial charge in [0.05, 0.1) is 0 Å². The molecule has 2 heterocycles. The van der Waals surface area contributed by atoms with Gasteiger partial charge in [0.1, 0.15) is 0 Å². The number of fused-ring (bicyclic) bond motifs is 1. The Morgan fingerprint density at radius 2 is 2.14 bits per heavy atom. The Hall–Kier alpha value is -1.29. The first-order chi connectivity index (χ1) is 6.59. The van der Waals surface area contributed by atoms with Gasteiger partial charge < -0.3 is 15.2 Å². The summed E-state index contributed by atoms with van der Waals surface area (Å²) in [6.07, 6.45) is 0.905. The summed E-state index contributed by atoms with van der Waals surface area (Å²) in [4.78, 5) is 13.7. The highest BCUT2D eigenvalue weighted by Gasteiger charge is 2.18. The van der Waals surface area contributed by atoms with E-state index in [0.717, 1.165) is 30.8 Å². The van der Waals surface area contributed by atoms with Gasteiger partial charge in [0.15, 0.2) is 0 Å². The van der Waals surface area contributed by atoms with Gasteiger partial charge in [-0.25, -0.2) is 0 Å². The van der Waals surface area contributed by atoms with Crippen LogP contribution in [-0.2, 0) is 20.0 Å². The molecule has 2 rings (SSSR count). The zero-order chi connectivity index (χ0) is 10.3. The van der Waals surface area contributed by atoms with Crippen molar-refractivity contribution in [2.45, 2.75) is 13.0 Å². The van der Waals surface area contributed by atoms with Crippen molar-refractivity contribution >= 4 is 5.69 Å². The van der Waals surface area contributed by atoms with Crippen molar-refractivity contribution in [3.63, 3.8) is 0 Å². The predicted octanol–water partition coefficient (Wildman–Crippen LogP) is -0.0446. The first-order valence-corrected chi connectivity index (χ1v) is 4.75. The minimum absolute atomic E-state index is 0.00852. The molecule has 4 heteroatoms.